The number of allylic oxidation sites excluding steroid dienone is 1. The van der Waals surface area contributed by atoms with Crippen LogP contribution in [0.2, 0.25) is 0 Å². The molecule has 1 aromatic heterocycles. The fraction of sp³-hybridized carbons (Fsp3) is 0.679. The Balaban J connectivity index is 1.46. The van der Waals surface area contributed by atoms with Crippen LogP contribution in [0.25, 0.3) is 0 Å². The molecule has 1 heterocycles. The van der Waals surface area contributed by atoms with E-state index in [1.165, 1.54) is 25.5 Å². The summed E-state index contributed by atoms with van der Waals surface area (Å²) in [5.74, 6) is 1.09. The molecule has 0 N–H and O–H groups in total. The van der Waals surface area contributed by atoms with E-state index in [-0.39, 0.29) is 46.5 Å². The van der Waals surface area contributed by atoms with E-state index in [2.05, 4.69) is 19.9 Å². The van der Waals surface area contributed by atoms with Crippen molar-refractivity contribution in [1.82, 2.24) is 0 Å². The second kappa shape index (κ2) is 8.39. The molecule has 3 fully saturated rings. The van der Waals surface area contributed by atoms with E-state index in [4.69, 9.17) is 13.9 Å². The van der Waals surface area contributed by atoms with E-state index in [9.17, 15) is 14.4 Å². The first-order valence-electron chi connectivity index (χ1n) is 12.8. The highest BCUT2D eigenvalue weighted by Gasteiger charge is 2.60. The van der Waals surface area contributed by atoms with E-state index >= 15 is 0 Å². The topological polar surface area (TPSA) is 82.8 Å². The summed E-state index contributed by atoms with van der Waals surface area (Å²) in [6, 6.07) is 3.29. The van der Waals surface area contributed by atoms with Gasteiger partial charge < -0.3 is 13.9 Å². The molecule has 0 spiro atoms. The minimum absolute atomic E-state index is 0.0529. The Morgan fingerprint density at radius 2 is 1.76 bits per heavy atom. The van der Waals surface area contributed by atoms with Crippen LogP contribution in [0.1, 0.15) is 84.1 Å². The second-order valence-electron chi connectivity index (χ2n) is 11.5. The van der Waals surface area contributed by atoms with E-state index < -0.39 is 0 Å². The van der Waals surface area contributed by atoms with Crippen LogP contribution in [0.4, 0.5) is 0 Å². The first-order valence-corrected chi connectivity index (χ1v) is 12.8. The third-order valence-corrected chi connectivity index (χ3v) is 9.75. The number of hydrogen-bond acceptors (Lipinski definition) is 6. The van der Waals surface area contributed by atoms with Gasteiger partial charge in [0, 0.05) is 25.8 Å². The van der Waals surface area contributed by atoms with Crippen LogP contribution in [0.3, 0.4) is 0 Å². The van der Waals surface area contributed by atoms with Crippen molar-refractivity contribution in [2.24, 2.45) is 28.6 Å². The Bertz CT molecular complexity index is 1050. The van der Waals surface area contributed by atoms with Crippen LogP contribution in [-0.2, 0) is 19.1 Å². The van der Waals surface area contributed by atoms with Crippen molar-refractivity contribution < 1.29 is 23.5 Å². The van der Waals surface area contributed by atoms with Crippen LogP contribution < -0.4 is 5.63 Å². The van der Waals surface area contributed by atoms with Gasteiger partial charge in [-0.1, -0.05) is 19.4 Å². The van der Waals surface area contributed by atoms with Crippen LogP contribution in [0.5, 0.6) is 0 Å². The van der Waals surface area contributed by atoms with Crippen LogP contribution in [0, 0.1) is 28.6 Å². The Morgan fingerprint density at radius 1 is 1.00 bits per heavy atom. The summed E-state index contributed by atoms with van der Waals surface area (Å²) >= 11 is 0. The third kappa shape index (κ3) is 3.74. The normalized spacial score (nSPS) is 40.9. The van der Waals surface area contributed by atoms with Crippen molar-refractivity contribution in [1.29, 1.82) is 0 Å². The lowest BCUT2D eigenvalue weighted by Gasteiger charge is -2.59. The molecule has 0 radical (unpaired) electrons. The van der Waals surface area contributed by atoms with Crippen molar-refractivity contribution in [3.8, 4) is 0 Å². The quantitative estimate of drug-likeness (QED) is 0.450. The lowest BCUT2D eigenvalue weighted by molar-refractivity contribution is -0.155. The van der Waals surface area contributed by atoms with Gasteiger partial charge in [-0.3, -0.25) is 9.59 Å². The lowest BCUT2D eigenvalue weighted by Crippen LogP contribution is -2.52. The van der Waals surface area contributed by atoms with E-state index in [1.807, 2.05) is 6.07 Å². The Morgan fingerprint density at radius 3 is 2.44 bits per heavy atom. The van der Waals surface area contributed by atoms with Gasteiger partial charge in [0.2, 0.25) is 0 Å². The number of rotatable bonds is 3. The Hall–Kier alpha value is -2.37. The molecule has 1 aromatic rings. The molecule has 3 saturated carbocycles. The first-order chi connectivity index (χ1) is 16.1. The minimum Gasteiger partial charge on any atom is -0.463 e. The van der Waals surface area contributed by atoms with Gasteiger partial charge in [-0.2, -0.15) is 0 Å². The molecule has 8 atom stereocenters. The molecule has 4 aliphatic rings. The highest BCUT2D eigenvalue weighted by molar-refractivity contribution is 5.67. The molecule has 4 aliphatic carbocycles. The van der Waals surface area contributed by atoms with Gasteiger partial charge >= 0.3 is 17.6 Å². The fourth-order valence-electron chi connectivity index (χ4n) is 8.31. The zero-order valence-electron chi connectivity index (χ0n) is 20.7. The summed E-state index contributed by atoms with van der Waals surface area (Å²) < 4.78 is 16.7. The average Bonchev–Trinajstić information content (AvgIpc) is 3.05. The molecular weight excluding hydrogens is 432 g/mol. The number of fused-ring (bicyclic) bond motifs is 5. The monoisotopic (exact) mass is 468 g/mol. The molecule has 0 saturated heterocycles. The summed E-state index contributed by atoms with van der Waals surface area (Å²) in [7, 11) is 0. The molecule has 0 amide bonds. The summed E-state index contributed by atoms with van der Waals surface area (Å²) in [6.07, 6.45) is 10.8. The number of ether oxygens (including phenoxy) is 2. The highest BCUT2D eigenvalue weighted by atomic mass is 16.5. The van der Waals surface area contributed by atoms with Gasteiger partial charge in [0.05, 0.1) is 6.26 Å². The second-order valence-corrected chi connectivity index (χ2v) is 11.5. The van der Waals surface area contributed by atoms with Gasteiger partial charge in [0.15, 0.2) is 0 Å². The maximum Gasteiger partial charge on any atom is 0.335 e. The summed E-state index contributed by atoms with van der Waals surface area (Å²) in [6.45, 7) is 7.73. The number of carbonyl (C=O) groups is 2. The van der Waals surface area contributed by atoms with Crippen molar-refractivity contribution in [2.45, 2.75) is 90.8 Å². The average molecular weight is 469 g/mol. The number of carbonyl (C=O) groups excluding carboxylic acids is 2. The van der Waals surface area contributed by atoms with Crippen molar-refractivity contribution in [3.05, 3.63) is 46.0 Å². The lowest BCUT2D eigenvalue weighted by atomic mass is 9.45. The summed E-state index contributed by atoms with van der Waals surface area (Å²) in [4.78, 5) is 35.1. The Labute approximate surface area is 201 Å². The molecule has 0 aromatic carbocycles. The summed E-state index contributed by atoms with van der Waals surface area (Å²) in [5.41, 5.74) is 2.06. The smallest absolute Gasteiger partial charge is 0.335 e. The zero-order valence-corrected chi connectivity index (χ0v) is 20.7. The molecule has 0 bridgehead atoms. The predicted molar refractivity (Wildman–Crippen MR) is 126 cm³/mol. The van der Waals surface area contributed by atoms with Crippen molar-refractivity contribution in [3.63, 3.8) is 0 Å². The molecule has 184 valence electrons. The van der Waals surface area contributed by atoms with Crippen LogP contribution in [-0.4, -0.2) is 24.1 Å². The first kappa shape index (κ1) is 23.4. The van der Waals surface area contributed by atoms with Gasteiger partial charge in [-0.05, 0) is 91.2 Å². The molecule has 6 nitrogen and oxygen atoms in total. The SMILES string of the molecule is CC(=O)O[C@H]1CC[C@]2(C)C3CC[C@@]4(C)C(=C[C@H](OC(C)=O)[C@@H]4c4ccc(=O)oc4)C3CC[C@@H]2C1. The van der Waals surface area contributed by atoms with Gasteiger partial charge in [-0.25, -0.2) is 4.79 Å². The van der Waals surface area contributed by atoms with Gasteiger partial charge in [0.1, 0.15) is 12.2 Å². The van der Waals surface area contributed by atoms with E-state index in [0.29, 0.717) is 17.8 Å². The highest BCUT2D eigenvalue weighted by Crippen LogP contribution is 2.67. The van der Waals surface area contributed by atoms with Gasteiger partial charge in [0.25, 0.3) is 0 Å². The summed E-state index contributed by atoms with van der Waals surface area (Å²) in [5, 5.41) is 0. The van der Waals surface area contributed by atoms with Gasteiger partial charge in [-0.15, -0.1) is 0 Å². The number of esters is 2. The fourth-order valence-corrected chi connectivity index (χ4v) is 8.31. The van der Waals surface area contributed by atoms with Crippen LogP contribution >= 0.6 is 0 Å². The van der Waals surface area contributed by atoms with Crippen molar-refractivity contribution in [2.75, 3.05) is 0 Å². The molecule has 0 aliphatic heterocycles. The molecule has 2 unspecified atom stereocenters. The maximum atomic E-state index is 12.0. The number of hydrogen-bond donors (Lipinski definition) is 0. The standard InChI is InChI=1S/C28H36O6/c1-16(29)33-20-9-11-27(3)19(13-20)6-7-21-22(27)10-12-28(4)23(21)14-24(34-17(2)30)26(28)18-5-8-25(31)32-15-18/h5,8,14-15,19-22,24,26H,6-7,9-13H2,1-4H3/t19-,20+,21?,22?,24+,26+,27+,28+/m1/s1. The maximum absolute atomic E-state index is 12.0. The molecular formula is C28H36O6. The predicted octanol–water partition coefficient (Wildman–Crippen LogP) is 5.16. The Kier molecular flexibility index (Phi) is 5.77. The third-order valence-electron chi connectivity index (χ3n) is 9.75. The zero-order chi connectivity index (χ0) is 24.3. The van der Waals surface area contributed by atoms with E-state index in [1.54, 1.807) is 6.26 Å². The largest absolute Gasteiger partial charge is 0.463 e. The van der Waals surface area contributed by atoms with Crippen LogP contribution in [0.15, 0.2) is 39.3 Å². The molecule has 5 rings (SSSR count). The van der Waals surface area contributed by atoms with E-state index in [0.717, 1.165) is 50.5 Å². The minimum atomic E-state index is -0.372. The van der Waals surface area contributed by atoms with Crippen molar-refractivity contribution >= 4 is 11.9 Å². The molecule has 6 heteroatoms. The molecule has 34 heavy (non-hydrogen) atoms.